The van der Waals surface area contributed by atoms with E-state index in [1.165, 1.54) is 0 Å². The Morgan fingerprint density at radius 2 is 2.09 bits per heavy atom. The predicted octanol–water partition coefficient (Wildman–Crippen LogP) is 3.88. The number of nitrogens with zero attached hydrogens (tertiary/aromatic N) is 3. The summed E-state index contributed by atoms with van der Waals surface area (Å²) in [7, 11) is 0. The third kappa shape index (κ3) is 3.71. The number of hydrogen-bond donors (Lipinski definition) is 0. The van der Waals surface area contributed by atoms with Crippen LogP contribution in [0.5, 0.6) is 0 Å². The molecule has 0 saturated heterocycles. The number of aliphatic imine (C=N–C) groups is 1. The van der Waals surface area contributed by atoms with Gasteiger partial charge in [-0.2, -0.15) is 0 Å². The van der Waals surface area contributed by atoms with Gasteiger partial charge < -0.3 is 0 Å². The van der Waals surface area contributed by atoms with Gasteiger partial charge in [0.15, 0.2) is 0 Å². The third-order valence-electron chi connectivity index (χ3n) is 3.63. The number of amides is 1. The Labute approximate surface area is 144 Å². The molecular weight excluding hydrogens is 333 g/mol. The summed E-state index contributed by atoms with van der Waals surface area (Å²) in [5, 5.41) is 0.886. The summed E-state index contributed by atoms with van der Waals surface area (Å²) in [6.07, 6.45) is 2.96. The molecule has 6 heteroatoms. The van der Waals surface area contributed by atoms with Gasteiger partial charge in [0.05, 0.1) is 5.56 Å². The molecule has 0 N–H and O–H groups in total. The second kappa shape index (κ2) is 7.11. The van der Waals surface area contributed by atoms with Crippen LogP contribution in [0.4, 0.5) is 0 Å². The molecule has 0 unspecified atom stereocenters. The van der Waals surface area contributed by atoms with Crippen LogP contribution in [0.25, 0.3) is 0 Å². The Morgan fingerprint density at radius 1 is 1.22 bits per heavy atom. The average Bonchev–Trinajstić information content (AvgIpc) is 2.55. The fourth-order valence-electron chi connectivity index (χ4n) is 2.54. The quantitative estimate of drug-likeness (QED) is 0.791. The van der Waals surface area contributed by atoms with Crippen molar-refractivity contribution in [3.05, 3.63) is 63.9 Å². The van der Waals surface area contributed by atoms with Crippen LogP contribution in [0, 0.1) is 0 Å². The topological polar surface area (TPSA) is 45.6 Å². The Morgan fingerprint density at radius 3 is 2.87 bits per heavy atom. The number of hydrogen-bond acceptors (Lipinski definition) is 3. The van der Waals surface area contributed by atoms with E-state index in [1.807, 2.05) is 24.3 Å². The van der Waals surface area contributed by atoms with E-state index < -0.39 is 0 Å². The van der Waals surface area contributed by atoms with Crippen molar-refractivity contribution >= 4 is 34.9 Å². The lowest BCUT2D eigenvalue weighted by atomic mass is 10.1. The number of carbonyl (C=O) groups excluding carboxylic acids is 1. The fourth-order valence-corrected chi connectivity index (χ4v) is 2.95. The van der Waals surface area contributed by atoms with E-state index in [4.69, 9.17) is 23.2 Å². The molecule has 2 heterocycles. The summed E-state index contributed by atoms with van der Waals surface area (Å²) >= 11 is 12.1. The van der Waals surface area contributed by atoms with Gasteiger partial charge in [-0.15, -0.1) is 0 Å². The van der Waals surface area contributed by atoms with Crippen LogP contribution in [0.3, 0.4) is 0 Å². The molecule has 1 aliphatic rings. The molecule has 1 amide bonds. The number of rotatable bonds is 3. The highest BCUT2D eigenvalue weighted by atomic mass is 35.5. The monoisotopic (exact) mass is 347 g/mol. The zero-order valence-corrected chi connectivity index (χ0v) is 13.9. The van der Waals surface area contributed by atoms with Crippen molar-refractivity contribution in [1.82, 2.24) is 9.88 Å². The van der Waals surface area contributed by atoms with E-state index in [2.05, 4.69) is 9.98 Å². The normalized spacial score (nSPS) is 14.5. The summed E-state index contributed by atoms with van der Waals surface area (Å²) in [5.41, 5.74) is 1.42. The zero-order valence-electron chi connectivity index (χ0n) is 12.4. The lowest BCUT2D eigenvalue weighted by Gasteiger charge is -2.28. The van der Waals surface area contributed by atoms with Gasteiger partial charge in [0, 0.05) is 30.7 Å². The summed E-state index contributed by atoms with van der Waals surface area (Å²) in [6.45, 7) is 1.35. The second-order valence-corrected chi connectivity index (χ2v) is 6.05. The number of benzene rings is 1. The first-order valence-electron chi connectivity index (χ1n) is 7.35. The van der Waals surface area contributed by atoms with E-state index in [1.54, 1.807) is 23.2 Å². The van der Waals surface area contributed by atoms with Crippen LogP contribution >= 0.6 is 23.2 Å². The number of amidine groups is 1. The molecule has 1 aliphatic heterocycles. The Bertz CT molecular complexity index is 761. The molecule has 0 aliphatic carbocycles. The van der Waals surface area contributed by atoms with Crippen LogP contribution < -0.4 is 0 Å². The highest BCUT2D eigenvalue weighted by molar-refractivity contribution is 6.33. The van der Waals surface area contributed by atoms with Crippen molar-refractivity contribution in [1.29, 1.82) is 0 Å². The molecule has 0 atom stereocenters. The molecule has 0 saturated carbocycles. The van der Waals surface area contributed by atoms with E-state index in [-0.39, 0.29) is 11.1 Å². The highest BCUT2D eigenvalue weighted by Gasteiger charge is 2.25. The maximum absolute atomic E-state index is 12.8. The van der Waals surface area contributed by atoms with Gasteiger partial charge in [-0.05, 0) is 36.2 Å². The van der Waals surface area contributed by atoms with Gasteiger partial charge in [-0.1, -0.05) is 35.3 Å². The van der Waals surface area contributed by atoms with Gasteiger partial charge in [0.2, 0.25) is 0 Å². The predicted molar refractivity (Wildman–Crippen MR) is 92.4 cm³/mol. The highest BCUT2D eigenvalue weighted by Crippen LogP contribution is 2.19. The third-order valence-corrected chi connectivity index (χ3v) is 4.17. The van der Waals surface area contributed by atoms with Crippen molar-refractivity contribution in [2.45, 2.75) is 12.8 Å². The Kier molecular flexibility index (Phi) is 4.94. The number of aromatic nitrogens is 1. The summed E-state index contributed by atoms with van der Waals surface area (Å²) in [4.78, 5) is 23.0. The first kappa shape index (κ1) is 16.0. The van der Waals surface area contributed by atoms with Crippen LogP contribution in [0.1, 0.15) is 22.3 Å². The molecule has 1 aromatic heterocycles. The number of carbonyl (C=O) groups is 1. The van der Waals surface area contributed by atoms with E-state index >= 15 is 0 Å². The van der Waals surface area contributed by atoms with E-state index in [0.717, 1.165) is 24.4 Å². The van der Waals surface area contributed by atoms with Gasteiger partial charge in [0.1, 0.15) is 11.0 Å². The van der Waals surface area contributed by atoms with Crippen molar-refractivity contribution in [3.63, 3.8) is 0 Å². The molecule has 0 radical (unpaired) electrons. The van der Waals surface area contributed by atoms with Gasteiger partial charge in [-0.3, -0.25) is 14.7 Å². The molecule has 3 rings (SSSR count). The largest absolute Gasteiger partial charge is 0.296 e. The van der Waals surface area contributed by atoms with Crippen molar-refractivity contribution in [2.24, 2.45) is 4.99 Å². The van der Waals surface area contributed by atoms with E-state index in [9.17, 15) is 4.79 Å². The molecule has 0 fully saturated rings. The second-order valence-electron chi connectivity index (χ2n) is 5.26. The van der Waals surface area contributed by atoms with Crippen molar-refractivity contribution in [3.8, 4) is 0 Å². The molecule has 0 bridgehead atoms. The molecule has 4 nitrogen and oxygen atoms in total. The van der Waals surface area contributed by atoms with Crippen LogP contribution in [0.15, 0.2) is 47.6 Å². The lowest BCUT2D eigenvalue weighted by Crippen LogP contribution is -2.41. The fraction of sp³-hybridized carbons (Fsp3) is 0.235. The van der Waals surface area contributed by atoms with E-state index in [0.29, 0.717) is 23.6 Å². The van der Waals surface area contributed by atoms with Crippen molar-refractivity contribution < 1.29 is 4.79 Å². The van der Waals surface area contributed by atoms with Gasteiger partial charge in [0.25, 0.3) is 5.91 Å². The number of halogens is 2. The van der Waals surface area contributed by atoms with Crippen LogP contribution in [-0.2, 0) is 6.42 Å². The minimum Gasteiger partial charge on any atom is -0.296 e. The van der Waals surface area contributed by atoms with Gasteiger partial charge >= 0.3 is 0 Å². The maximum Gasteiger partial charge on any atom is 0.262 e. The Hall–Kier alpha value is -1.91. The van der Waals surface area contributed by atoms with Crippen molar-refractivity contribution in [2.75, 3.05) is 13.1 Å². The summed E-state index contributed by atoms with van der Waals surface area (Å²) < 4.78 is 0. The first-order valence-corrected chi connectivity index (χ1v) is 8.11. The summed E-state index contributed by atoms with van der Waals surface area (Å²) in [5.74, 6) is 0.576. The molecule has 2 aromatic rings. The molecule has 1 aromatic carbocycles. The SMILES string of the molecule is O=C(c1cccnc1Cl)N1CCCN=C1Cc1cccc(Cl)c1. The maximum atomic E-state index is 12.8. The Balaban J connectivity index is 1.86. The standard InChI is InChI=1S/C17H15Cl2N3O/c18-13-5-1-4-12(10-13)11-15-20-8-3-9-22(15)17(23)14-6-2-7-21-16(14)19/h1-2,4-7,10H,3,8-9,11H2. The lowest BCUT2D eigenvalue weighted by molar-refractivity contribution is 0.0839. The van der Waals surface area contributed by atoms with Crippen LogP contribution in [0.2, 0.25) is 10.2 Å². The number of pyridine rings is 1. The van der Waals surface area contributed by atoms with Gasteiger partial charge in [-0.25, -0.2) is 4.98 Å². The minimum atomic E-state index is -0.163. The molecule has 0 spiro atoms. The zero-order chi connectivity index (χ0) is 16.2. The van der Waals surface area contributed by atoms with Crippen LogP contribution in [-0.4, -0.2) is 34.7 Å². The molecule has 118 valence electrons. The first-order chi connectivity index (χ1) is 11.1. The average molecular weight is 348 g/mol. The molecule has 23 heavy (non-hydrogen) atoms. The molecular formula is C17H15Cl2N3O. The minimum absolute atomic E-state index is 0.163. The smallest absolute Gasteiger partial charge is 0.262 e. The summed E-state index contributed by atoms with van der Waals surface area (Å²) in [6, 6.07) is 11.0.